The summed E-state index contributed by atoms with van der Waals surface area (Å²) in [6, 6.07) is 10.2. The van der Waals surface area contributed by atoms with E-state index in [-0.39, 0.29) is 22.9 Å². The molecule has 3 rings (SSSR count). The lowest BCUT2D eigenvalue weighted by atomic mass is 10.2. The Balaban J connectivity index is 1.98. The molecule has 1 aromatic carbocycles. The zero-order chi connectivity index (χ0) is 16.4. The van der Waals surface area contributed by atoms with Crippen LogP contribution < -0.4 is 5.56 Å². The number of fused-ring (bicyclic) bond motifs is 1. The van der Waals surface area contributed by atoms with Crippen molar-refractivity contribution >= 4 is 32.3 Å². The second kappa shape index (κ2) is 6.23. The summed E-state index contributed by atoms with van der Waals surface area (Å²) in [7, 11) is -3.58. The first-order valence-corrected chi connectivity index (χ1v) is 9.36. The zero-order valence-corrected chi connectivity index (χ0v) is 14.0. The molecule has 0 spiro atoms. The average Bonchev–Trinajstić information content (AvgIpc) is 3.08. The molecule has 120 valence electrons. The Morgan fingerprint density at radius 1 is 1.22 bits per heavy atom. The van der Waals surface area contributed by atoms with E-state index in [4.69, 9.17) is 0 Å². The van der Waals surface area contributed by atoms with Gasteiger partial charge in [0.25, 0.3) is 15.6 Å². The van der Waals surface area contributed by atoms with E-state index in [1.54, 1.807) is 48.7 Å². The minimum atomic E-state index is -3.58. The molecule has 0 fully saturated rings. The molecule has 0 saturated heterocycles. The van der Waals surface area contributed by atoms with Gasteiger partial charge in [0.1, 0.15) is 10.0 Å². The third kappa shape index (κ3) is 3.05. The van der Waals surface area contributed by atoms with E-state index in [9.17, 15) is 13.2 Å². The van der Waals surface area contributed by atoms with Crippen LogP contribution in [0, 0.1) is 0 Å². The second-order valence-electron chi connectivity index (χ2n) is 4.89. The fraction of sp³-hybridized carbons (Fsp3) is 0.200. The SMILES string of the molecule is CCN(Cc1nc2ccccc2c(=O)[nH]1)S(=O)(=O)c1cccs1. The minimum absolute atomic E-state index is 0.0246. The zero-order valence-electron chi connectivity index (χ0n) is 12.4. The van der Waals surface area contributed by atoms with Crippen molar-refractivity contribution in [3.63, 3.8) is 0 Å². The number of hydrogen-bond acceptors (Lipinski definition) is 5. The number of rotatable bonds is 5. The number of sulfonamides is 1. The van der Waals surface area contributed by atoms with Gasteiger partial charge in [-0.1, -0.05) is 25.1 Å². The Labute approximate surface area is 137 Å². The van der Waals surface area contributed by atoms with Crippen LogP contribution in [0.15, 0.2) is 50.8 Å². The number of para-hydroxylation sites is 1. The van der Waals surface area contributed by atoms with Crippen LogP contribution in [0.3, 0.4) is 0 Å². The summed E-state index contributed by atoms with van der Waals surface area (Å²) < 4.78 is 26.8. The molecule has 0 aliphatic carbocycles. The number of benzene rings is 1. The molecule has 1 N–H and O–H groups in total. The first kappa shape index (κ1) is 15.9. The molecular formula is C15H15N3O3S2. The van der Waals surface area contributed by atoms with E-state index in [0.29, 0.717) is 16.7 Å². The van der Waals surface area contributed by atoms with Gasteiger partial charge in [-0.15, -0.1) is 11.3 Å². The quantitative estimate of drug-likeness (QED) is 0.765. The lowest BCUT2D eigenvalue weighted by Crippen LogP contribution is -2.31. The molecule has 0 atom stereocenters. The monoisotopic (exact) mass is 349 g/mol. The van der Waals surface area contributed by atoms with Gasteiger partial charge in [-0.25, -0.2) is 13.4 Å². The normalized spacial score (nSPS) is 12.1. The van der Waals surface area contributed by atoms with Crippen molar-refractivity contribution in [1.29, 1.82) is 0 Å². The summed E-state index contributed by atoms with van der Waals surface area (Å²) in [4.78, 5) is 19.1. The third-order valence-corrected chi connectivity index (χ3v) is 6.72. The maximum atomic E-state index is 12.6. The van der Waals surface area contributed by atoms with Gasteiger partial charge >= 0.3 is 0 Å². The molecule has 6 nitrogen and oxygen atoms in total. The van der Waals surface area contributed by atoms with E-state index >= 15 is 0 Å². The summed E-state index contributed by atoms with van der Waals surface area (Å²) in [6.07, 6.45) is 0. The fourth-order valence-corrected chi connectivity index (χ4v) is 4.84. The highest BCUT2D eigenvalue weighted by Gasteiger charge is 2.25. The van der Waals surface area contributed by atoms with Crippen molar-refractivity contribution in [2.45, 2.75) is 17.7 Å². The summed E-state index contributed by atoms with van der Waals surface area (Å²) >= 11 is 1.17. The van der Waals surface area contributed by atoms with Gasteiger partial charge in [0.05, 0.1) is 17.4 Å². The van der Waals surface area contributed by atoms with E-state index < -0.39 is 10.0 Å². The van der Waals surface area contributed by atoms with E-state index in [0.717, 1.165) is 0 Å². The van der Waals surface area contributed by atoms with Crippen molar-refractivity contribution in [2.24, 2.45) is 0 Å². The molecule has 8 heteroatoms. The van der Waals surface area contributed by atoms with Gasteiger partial charge in [0, 0.05) is 6.54 Å². The maximum absolute atomic E-state index is 12.6. The topological polar surface area (TPSA) is 83.1 Å². The summed E-state index contributed by atoms with van der Waals surface area (Å²) in [5, 5.41) is 2.21. The molecular weight excluding hydrogens is 334 g/mol. The smallest absolute Gasteiger partial charge is 0.258 e. The molecule has 2 aromatic heterocycles. The van der Waals surface area contributed by atoms with Crippen LogP contribution in [0.4, 0.5) is 0 Å². The highest BCUT2D eigenvalue weighted by atomic mass is 32.2. The molecule has 0 amide bonds. The van der Waals surface area contributed by atoms with Crippen molar-refractivity contribution in [1.82, 2.24) is 14.3 Å². The van der Waals surface area contributed by atoms with Crippen LogP contribution in [0.5, 0.6) is 0 Å². The Bertz CT molecular complexity index is 979. The Hall–Kier alpha value is -2.03. The number of aromatic nitrogens is 2. The highest BCUT2D eigenvalue weighted by Crippen LogP contribution is 2.21. The predicted molar refractivity (Wildman–Crippen MR) is 90.0 cm³/mol. The summed E-state index contributed by atoms with van der Waals surface area (Å²) in [5.74, 6) is 0.329. The standard InChI is InChI=1S/C15H15N3O3S2/c1-2-18(23(20,21)14-8-5-9-22-14)10-13-16-12-7-4-3-6-11(12)15(19)17-13/h3-9H,2,10H2,1H3,(H,16,17,19). The molecule has 0 saturated carbocycles. The lowest BCUT2D eigenvalue weighted by Gasteiger charge is -2.19. The molecule has 2 heterocycles. The van der Waals surface area contributed by atoms with Gasteiger partial charge in [-0.05, 0) is 23.6 Å². The molecule has 0 bridgehead atoms. The number of nitrogens with zero attached hydrogens (tertiary/aromatic N) is 2. The van der Waals surface area contributed by atoms with Gasteiger partial charge in [-0.2, -0.15) is 4.31 Å². The Kier molecular flexibility index (Phi) is 4.29. The number of H-pyrrole nitrogens is 1. The average molecular weight is 349 g/mol. The van der Waals surface area contributed by atoms with Gasteiger partial charge < -0.3 is 4.98 Å². The van der Waals surface area contributed by atoms with Crippen LogP contribution in [0.25, 0.3) is 10.9 Å². The van der Waals surface area contributed by atoms with Gasteiger partial charge in [0.2, 0.25) is 0 Å². The summed E-state index contributed by atoms with van der Waals surface area (Å²) in [6.45, 7) is 2.07. The van der Waals surface area contributed by atoms with Crippen LogP contribution in [0.2, 0.25) is 0 Å². The van der Waals surface area contributed by atoms with E-state index in [2.05, 4.69) is 9.97 Å². The minimum Gasteiger partial charge on any atom is -0.309 e. The Morgan fingerprint density at radius 3 is 2.70 bits per heavy atom. The third-order valence-electron chi connectivity index (χ3n) is 3.43. The van der Waals surface area contributed by atoms with Crippen LogP contribution in [-0.2, 0) is 16.6 Å². The van der Waals surface area contributed by atoms with Crippen molar-refractivity contribution in [3.05, 3.63) is 58.0 Å². The molecule has 0 unspecified atom stereocenters. The fourth-order valence-electron chi connectivity index (χ4n) is 2.28. The van der Waals surface area contributed by atoms with Crippen molar-refractivity contribution in [3.8, 4) is 0 Å². The number of nitrogens with one attached hydrogen (secondary N) is 1. The number of aromatic amines is 1. The van der Waals surface area contributed by atoms with Crippen molar-refractivity contribution in [2.75, 3.05) is 6.54 Å². The van der Waals surface area contributed by atoms with Crippen molar-refractivity contribution < 1.29 is 8.42 Å². The van der Waals surface area contributed by atoms with Gasteiger partial charge in [0.15, 0.2) is 0 Å². The summed E-state index contributed by atoms with van der Waals surface area (Å²) in [5.41, 5.74) is 0.283. The van der Waals surface area contributed by atoms with E-state index in [1.807, 2.05) is 0 Å². The maximum Gasteiger partial charge on any atom is 0.258 e. The molecule has 3 aromatic rings. The molecule has 0 aliphatic rings. The predicted octanol–water partition coefficient (Wildman–Crippen LogP) is 2.20. The first-order valence-electron chi connectivity index (χ1n) is 7.04. The van der Waals surface area contributed by atoms with E-state index in [1.165, 1.54) is 15.6 Å². The molecule has 23 heavy (non-hydrogen) atoms. The van der Waals surface area contributed by atoms with Gasteiger partial charge in [-0.3, -0.25) is 4.79 Å². The van der Waals surface area contributed by atoms with Crippen LogP contribution in [0.1, 0.15) is 12.7 Å². The van der Waals surface area contributed by atoms with Crippen LogP contribution in [-0.4, -0.2) is 29.2 Å². The number of thiophene rings is 1. The Morgan fingerprint density at radius 2 is 2.00 bits per heavy atom. The molecule has 0 aliphatic heterocycles. The first-order chi connectivity index (χ1) is 11.0. The second-order valence-corrected chi connectivity index (χ2v) is 8.01. The lowest BCUT2D eigenvalue weighted by molar-refractivity contribution is 0.415. The van der Waals surface area contributed by atoms with Crippen LogP contribution >= 0.6 is 11.3 Å². The highest BCUT2D eigenvalue weighted by molar-refractivity contribution is 7.91. The largest absolute Gasteiger partial charge is 0.309 e. The number of hydrogen-bond donors (Lipinski definition) is 1. The molecule has 0 radical (unpaired) electrons.